The monoisotopic (exact) mass is 558 g/mol. The molecule has 3 aromatic rings. The molecule has 6 N–H and O–H groups in total. The number of hydrogen-bond acceptors (Lipinski definition) is 10. The van der Waals surface area contributed by atoms with E-state index in [1.165, 1.54) is 0 Å². The zero-order valence-corrected chi connectivity index (χ0v) is 21.6. The SMILES string of the molecule is Cc1c(S(=O)(=O)NCP(=O)(O)Oc2ccc(C#N)c(F)c2)sc2cc(OCCN)c(OCCN)cc12. The van der Waals surface area contributed by atoms with E-state index in [9.17, 15) is 22.3 Å². The van der Waals surface area contributed by atoms with E-state index in [2.05, 4.69) is 4.72 Å². The van der Waals surface area contributed by atoms with E-state index in [0.717, 1.165) is 29.5 Å². The fraction of sp³-hybridized carbons (Fsp3) is 0.286. The van der Waals surface area contributed by atoms with Gasteiger partial charge in [0.2, 0.25) is 0 Å². The van der Waals surface area contributed by atoms with Crippen molar-refractivity contribution in [3.8, 4) is 23.3 Å². The van der Waals surface area contributed by atoms with Crippen molar-refractivity contribution < 1.29 is 36.3 Å². The van der Waals surface area contributed by atoms with Gasteiger partial charge >= 0.3 is 7.60 Å². The summed E-state index contributed by atoms with van der Waals surface area (Å²) in [4.78, 5) is 10.1. The third-order valence-corrected chi connectivity index (χ3v) is 9.26. The Morgan fingerprint density at radius 3 is 2.39 bits per heavy atom. The molecular formula is C21H24FN4O7PS2. The van der Waals surface area contributed by atoms with E-state index in [4.69, 9.17) is 30.7 Å². The summed E-state index contributed by atoms with van der Waals surface area (Å²) in [6, 6.07) is 7.85. The van der Waals surface area contributed by atoms with Crippen LogP contribution >= 0.6 is 18.9 Å². The molecule has 0 bridgehead atoms. The lowest BCUT2D eigenvalue weighted by molar-refractivity contribution is 0.278. The molecule has 0 aliphatic heterocycles. The Balaban J connectivity index is 1.84. The van der Waals surface area contributed by atoms with Crippen LogP contribution in [-0.2, 0) is 14.6 Å². The second kappa shape index (κ2) is 11.5. The molecule has 1 heterocycles. The molecule has 36 heavy (non-hydrogen) atoms. The largest absolute Gasteiger partial charge is 0.488 e. The normalized spacial score (nSPS) is 13.2. The molecule has 0 saturated carbocycles. The number of hydrogen-bond donors (Lipinski definition) is 4. The quantitative estimate of drug-likeness (QED) is 0.240. The van der Waals surface area contributed by atoms with E-state index in [1.54, 1.807) is 25.1 Å². The molecule has 0 amide bonds. The Kier molecular flexibility index (Phi) is 8.91. The Morgan fingerprint density at radius 1 is 1.17 bits per heavy atom. The van der Waals surface area contributed by atoms with Crippen LogP contribution in [0.2, 0.25) is 0 Å². The summed E-state index contributed by atoms with van der Waals surface area (Å²) >= 11 is 0.937. The van der Waals surface area contributed by atoms with E-state index in [0.29, 0.717) is 27.1 Å². The van der Waals surface area contributed by atoms with Gasteiger partial charge in [-0.25, -0.2) is 17.4 Å². The number of nitriles is 1. The Hall–Kier alpha value is -2.76. The van der Waals surface area contributed by atoms with Crippen molar-refractivity contribution in [1.29, 1.82) is 5.26 Å². The Labute approximate surface area is 211 Å². The van der Waals surface area contributed by atoms with Crippen molar-refractivity contribution in [1.82, 2.24) is 4.72 Å². The Morgan fingerprint density at radius 2 is 1.81 bits per heavy atom. The molecule has 0 aliphatic carbocycles. The number of halogens is 1. The van der Waals surface area contributed by atoms with Crippen molar-refractivity contribution in [3.63, 3.8) is 0 Å². The van der Waals surface area contributed by atoms with Crippen LogP contribution in [0.3, 0.4) is 0 Å². The molecule has 0 aliphatic rings. The minimum absolute atomic E-state index is 0.0809. The molecule has 1 unspecified atom stereocenters. The predicted octanol–water partition coefficient (Wildman–Crippen LogP) is 2.40. The van der Waals surface area contributed by atoms with Crippen molar-refractivity contribution in [2.24, 2.45) is 11.5 Å². The van der Waals surface area contributed by atoms with Crippen LogP contribution in [0.15, 0.2) is 34.5 Å². The summed E-state index contributed by atoms with van der Waals surface area (Å²) in [5.74, 6) is -0.518. The lowest BCUT2D eigenvalue weighted by Crippen LogP contribution is -2.25. The van der Waals surface area contributed by atoms with Crippen LogP contribution in [0, 0.1) is 24.1 Å². The highest BCUT2D eigenvalue weighted by atomic mass is 32.2. The highest BCUT2D eigenvalue weighted by Gasteiger charge is 2.29. The molecule has 0 fully saturated rings. The number of rotatable bonds is 12. The summed E-state index contributed by atoms with van der Waals surface area (Å²) in [6.45, 7) is 2.56. The van der Waals surface area contributed by atoms with Gasteiger partial charge in [0.05, 0.1) is 5.56 Å². The fourth-order valence-electron chi connectivity index (χ4n) is 3.10. The van der Waals surface area contributed by atoms with Crippen LogP contribution in [0.5, 0.6) is 17.2 Å². The predicted molar refractivity (Wildman–Crippen MR) is 132 cm³/mol. The maximum Gasteiger partial charge on any atom is 0.391 e. The molecular weight excluding hydrogens is 534 g/mol. The molecule has 11 nitrogen and oxygen atoms in total. The molecule has 0 spiro atoms. The van der Waals surface area contributed by atoms with E-state index >= 15 is 0 Å². The van der Waals surface area contributed by atoms with Crippen LogP contribution in [0.25, 0.3) is 10.1 Å². The number of ether oxygens (including phenoxy) is 2. The summed E-state index contributed by atoms with van der Waals surface area (Å²) in [5, 5.41) is 9.36. The zero-order chi connectivity index (χ0) is 26.5. The topological polar surface area (TPSA) is 187 Å². The number of fused-ring (bicyclic) bond motifs is 1. The highest BCUT2D eigenvalue weighted by molar-refractivity contribution is 7.92. The second-order valence-corrected chi connectivity index (χ2v) is 12.2. The van der Waals surface area contributed by atoms with Crippen molar-refractivity contribution in [2.75, 3.05) is 32.6 Å². The maximum atomic E-state index is 13.7. The number of nitrogens with two attached hydrogens (primary N) is 2. The fourth-order valence-corrected chi connectivity index (χ4v) is 7.42. The number of nitrogens with one attached hydrogen (secondary N) is 1. The number of thiophene rings is 1. The van der Waals surface area contributed by atoms with Gasteiger partial charge in [0.1, 0.15) is 41.3 Å². The highest BCUT2D eigenvalue weighted by Crippen LogP contribution is 2.44. The van der Waals surface area contributed by atoms with Crippen LogP contribution in [0.1, 0.15) is 11.1 Å². The van der Waals surface area contributed by atoms with Crippen LogP contribution in [0.4, 0.5) is 4.39 Å². The number of aryl methyl sites for hydroxylation is 1. The first kappa shape index (κ1) is 27.8. The molecule has 15 heteroatoms. The zero-order valence-electron chi connectivity index (χ0n) is 19.1. The third kappa shape index (κ3) is 6.51. The van der Waals surface area contributed by atoms with Gasteiger partial charge in [-0.1, -0.05) is 0 Å². The van der Waals surface area contributed by atoms with Gasteiger partial charge in [-0.15, -0.1) is 11.3 Å². The van der Waals surface area contributed by atoms with Crippen molar-refractivity contribution in [3.05, 3.63) is 47.3 Å². The second-order valence-electron chi connectivity index (χ2n) is 7.37. The van der Waals surface area contributed by atoms with Gasteiger partial charge in [-0.3, -0.25) is 0 Å². The molecule has 3 rings (SSSR count). The van der Waals surface area contributed by atoms with Gasteiger partial charge in [0.15, 0.2) is 11.5 Å². The maximum absolute atomic E-state index is 13.7. The average Bonchev–Trinajstić information content (AvgIpc) is 3.16. The molecule has 0 radical (unpaired) electrons. The van der Waals surface area contributed by atoms with Crippen LogP contribution < -0.4 is 30.2 Å². The minimum Gasteiger partial charge on any atom is -0.488 e. The molecule has 1 aromatic heterocycles. The summed E-state index contributed by atoms with van der Waals surface area (Å²) in [5.41, 5.74) is 11.1. The smallest absolute Gasteiger partial charge is 0.391 e. The molecule has 194 valence electrons. The van der Waals surface area contributed by atoms with E-state index in [-0.39, 0.29) is 41.8 Å². The van der Waals surface area contributed by atoms with Crippen molar-refractivity contribution in [2.45, 2.75) is 11.1 Å². The molecule has 2 aromatic carbocycles. The van der Waals surface area contributed by atoms with Crippen LogP contribution in [-0.4, -0.2) is 45.9 Å². The molecule has 0 saturated heterocycles. The number of sulfonamides is 1. The molecule has 1 atom stereocenters. The van der Waals surface area contributed by atoms with E-state index in [1.807, 2.05) is 0 Å². The number of nitrogens with zero attached hydrogens (tertiary/aromatic N) is 1. The van der Waals surface area contributed by atoms with Gasteiger partial charge in [0.25, 0.3) is 10.0 Å². The van der Waals surface area contributed by atoms with Gasteiger partial charge in [-0.05, 0) is 30.7 Å². The first-order chi connectivity index (χ1) is 17.0. The average molecular weight is 559 g/mol. The minimum atomic E-state index is -4.56. The standard InChI is InChI=1S/C21H24FN4O7PS2/c1-13-16-9-18(31-6-4-23)19(32-7-5-24)10-20(16)35-21(13)36(29,30)26-12-34(27,28)33-15-3-2-14(11-25)17(22)8-15/h2-3,8-10,26H,4-7,12,23-24H2,1H3,(H,27,28). The summed E-state index contributed by atoms with van der Waals surface area (Å²) in [6.07, 6.45) is -0.972. The lowest BCUT2D eigenvalue weighted by Gasteiger charge is -2.14. The van der Waals surface area contributed by atoms with E-state index < -0.39 is 29.7 Å². The summed E-state index contributed by atoms with van der Waals surface area (Å²) in [7, 11) is -8.80. The number of benzene rings is 2. The summed E-state index contributed by atoms with van der Waals surface area (Å²) < 4.78 is 70.9. The van der Waals surface area contributed by atoms with Gasteiger partial charge < -0.3 is 30.4 Å². The lowest BCUT2D eigenvalue weighted by atomic mass is 10.2. The first-order valence-electron chi connectivity index (χ1n) is 10.4. The third-order valence-electron chi connectivity index (χ3n) is 4.72. The Bertz CT molecular complexity index is 1460. The van der Waals surface area contributed by atoms with Crippen molar-refractivity contribution >= 4 is 39.0 Å². The van der Waals surface area contributed by atoms with Gasteiger partial charge in [-0.2, -0.15) is 9.98 Å². The van der Waals surface area contributed by atoms with Gasteiger partial charge in [0, 0.05) is 35.3 Å². The first-order valence-corrected chi connectivity index (χ1v) is 14.5.